The van der Waals surface area contributed by atoms with Gasteiger partial charge in [0, 0.05) is 6.04 Å². The fourth-order valence-electron chi connectivity index (χ4n) is 3.68. The van der Waals surface area contributed by atoms with Crippen molar-refractivity contribution in [1.82, 2.24) is 5.32 Å². The molecule has 3 saturated carbocycles. The van der Waals surface area contributed by atoms with Crippen LogP contribution in [0.25, 0.3) is 0 Å². The second kappa shape index (κ2) is 5.94. The van der Waals surface area contributed by atoms with Crippen molar-refractivity contribution in [3.05, 3.63) is 0 Å². The molecule has 20 heavy (non-hydrogen) atoms. The maximum Gasteiger partial charge on any atom is 0.0681 e. The molecule has 0 aliphatic heterocycles. The maximum absolute atomic E-state index is 9.94. The summed E-state index contributed by atoms with van der Waals surface area (Å²) in [6.45, 7) is 5.64. The summed E-state index contributed by atoms with van der Waals surface area (Å²) in [5, 5.41) is 13.6. The summed E-state index contributed by atoms with van der Waals surface area (Å²) in [6.07, 6.45) is 9.13. The Hall–Kier alpha value is -0.120. The first-order valence-electron chi connectivity index (χ1n) is 8.63. The van der Waals surface area contributed by atoms with Crippen molar-refractivity contribution in [2.75, 3.05) is 13.2 Å². The van der Waals surface area contributed by atoms with E-state index < -0.39 is 0 Å². The molecule has 0 heterocycles. The van der Waals surface area contributed by atoms with Crippen molar-refractivity contribution in [3.63, 3.8) is 0 Å². The van der Waals surface area contributed by atoms with Crippen LogP contribution in [0, 0.1) is 17.8 Å². The van der Waals surface area contributed by atoms with Gasteiger partial charge < -0.3 is 15.2 Å². The average molecular weight is 281 g/mol. The molecule has 3 heteroatoms. The van der Waals surface area contributed by atoms with Crippen LogP contribution < -0.4 is 5.32 Å². The van der Waals surface area contributed by atoms with E-state index in [-0.39, 0.29) is 12.1 Å². The zero-order valence-corrected chi connectivity index (χ0v) is 13.1. The lowest BCUT2D eigenvalue weighted by Crippen LogP contribution is -2.56. The first-order valence-corrected chi connectivity index (χ1v) is 8.63. The Kier molecular flexibility index (Phi) is 4.40. The highest BCUT2D eigenvalue weighted by molar-refractivity contribution is 5.04. The van der Waals surface area contributed by atoms with Gasteiger partial charge in [-0.3, -0.25) is 0 Å². The molecule has 0 aromatic carbocycles. The highest BCUT2D eigenvalue weighted by Gasteiger charge is 2.48. The lowest BCUT2D eigenvalue weighted by molar-refractivity contribution is -0.0460. The molecule has 0 saturated heterocycles. The van der Waals surface area contributed by atoms with Crippen molar-refractivity contribution in [1.29, 1.82) is 0 Å². The SMILES string of the molecule is CC1CCC(OCC(CO)(NC2CC2)C2CC2)CC1C. The van der Waals surface area contributed by atoms with E-state index in [2.05, 4.69) is 19.2 Å². The third kappa shape index (κ3) is 3.37. The molecular formula is C17H31NO2. The predicted molar refractivity (Wildman–Crippen MR) is 80.6 cm³/mol. The Balaban J connectivity index is 1.53. The summed E-state index contributed by atoms with van der Waals surface area (Å²) in [6, 6.07) is 0.636. The molecule has 3 aliphatic rings. The van der Waals surface area contributed by atoms with Crippen LogP contribution in [0.3, 0.4) is 0 Å². The second-order valence-corrected chi connectivity index (χ2v) is 7.71. The first kappa shape index (κ1) is 14.8. The number of ether oxygens (including phenoxy) is 1. The van der Waals surface area contributed by atoms with Crippen molar-refractivity contribution in [3.8, 4) is 0 Å². The number of hydrogen-bond acceptors (Lipinski definition) is 3. The quantitative estimate of drug-likeness (QED) is 0.754. The van der Waals surface area contributed by atoms with Gasteiger partial charge in [-0.2, -0.15) is 0 Å². The molecule has 116 valence electrons. The highest BCUT2D eigenvalue weighted by atomic mass is 16.5. The molecule has 0 bridgehead atoms. The van der Waals surface area contributed by atoms with E-state index >= 15 is 0 Å². The van der Waals surface area contributed by atoms with Gasteiger partial charge >= 0.3 is 0 Å². The largest absolute Gasteiger partial charge is 0.394 e. The minimum absolute atomic E-state index is 0.145. The van der Waals surface area contributed by atoms with E-state index in [1.807, 2.05) is 0 Å². The molecule has 0 radical (unpaired) electrons. The van der Waals surface area contributed by atoms with Crippen LogP contribution in [-0.4, -0.2) is 36.0 Å². The fourth-order valence-corrected chi connectivity index (χ4v) is 3.68. The summed E-state index contributed by atoms with van der Waals surface area (Å²) in [5.74, 6) is 2.24. The molecule has 3 aliphatic carbocycles. The number of rotatable bonds is 7. The highest BCUT2D eigenvalue weighted by Crippen LogP contribution is 2.42. The predicted octanol–water partition coefficient (Wildman–Crippen LogP) is 2.72. The van der Waals surface area contributed by atoms with E-state index in [4.69, 9.17) is 4.74 Å². The van der Waals surface area contributed by atoms with Crippen LogP contribution in [0.4, 0.5) is 0 Å². The van der Waals surface area contributed by atoms with Gasteiger partial charge in [-0.15, -0.1) is 0 Å². The van der Waals surface area contributed by atoms with Crippen molar-refractivity contribution in [2.45, 2.75) is 76.5 Å². The smallest absolute Gasteiger partial charge is 0.0681 e. The van der Waals surface area contributed by atoms with Crippen LogP contribution in [0.1, 0.15) is 58.8 Å². The van der Waals surface area contributed by atoms with E-state index in [0.717, 1.165) is 11.8 Å². The standard InChI is InChI=1S/C17H31NO2/c1-12-3-8-16(9-13(12)2)20-11-17(10-19,14-4-5-14)18-15-6-7-15/h12-16,18-19H,3-11H2,1-2H3. The fraction of sp³-hybridized carbons (Fsp3) is 1.00. The number of hydrogen-bond donors (Lipinski definition) is 2. The third-order valence-electron chi connectivity index (χ3n) is 5.84. The lowest BCUT2D eigenvalue weighted by Gasteiger charge is -2.37. The summed E-state index contributed by atoms with van der Waals surface area (Å²) >= 11 is 0. The molecule has 3 rings (SSSR count). The Morgan fingerprint density at radius 2 is 1.80 bits per heavy atom. The van der Waals surface area contributed by atoms with E-state index in [1.54, 1.807) is 0 Å². The van der Waals surface area contributed by atoms with Crippen LogP contribution in [0.2, 0.25) is 0 Å². The minimum atomic E-state index is -0.145. The molecule has 0 aromatic rings. The Morgan fingerprint density at radius 1 is 1.05 bits per heavy atom. The van der Waals surface area contributed by atoms with Crippen LogP contribution in [0.5, 0.6) is 0 Å². The summed E-state index contributed by atoms with van der Waals surface area (Å²) in [7, 11) is 0. The van der Waals surface area contributed by atoms with Gasteiger partial charge in [0.1, 0.15) is 0 Å². The van der Waals surface area contributed by atoms with Crippen LogP contribution >= 0.6 is 0 Å². The lowest BCUT2D eigenvalue weighted by atomic mass is 9.80. The molecular weight excluding hydrogens is 250 g/mol. The van der Waals surface area contributed by atoms with Crippen LogP contribution in [0.15, 0.2) is 0 Å². The maximum atomic E-state index is 9.94. The van der Waals surface area contributed by atoms with Gasteiger partial charge in [0.15, 0.2) is 0 Å². The van der Waals surface area contributed by atoms with Crippen LogP contribution in [-0.2, 0) is 4.74 Å². The van der Waals surface area contributed by atoms with E-state index in [1.165, 1.54) is 44.9 Å². The van der Waals surface area contributed by atoms with Gasteiger partial charge in [-0.1, -0.05) is 13.8 Å². The Morgan fingerprint density at radius 3 is 2.35 bits per heavy atom. The first-order chi connectivity index (χ1) is 9.63. The average Bonchev–Trinajstić information content (AvgIpc) is 3.31. The molecule has 4 unspecified atom stereocenters. The normalized spacial score (nSPS) is 37.6. The Bertz CT molecular complexity index is 327. The minimum Gasteiger partial charge on any atom is -0.394 e. The summed E-state index contributed by atoms with van der Waals surface area (Å²) in [5.41, 5.74) is -0.145. The molecule has 3 fully saturated rings. The van der Waals surface area contributed by atoms with Crippen molar-refractivity contribution in [2.24, 2.45) is 17.8 Å². The van der Waals surface area contributed by atoms with Crippen molar-refractivity contribution < 1.29 is 9.84 Å². The number of nitrogens with one attached hydrogen (secondary N) is 1. The number of aliphatic hydroxyl groups excluding tert-OH is 1. The topological polar surface area (TPSA) is 41.5 Å². The zero-order chi connectivity index (χ0) is 14.2. The monoisotopic (exact) mass is 281 g/mol. The van der Waals surface area contributed by atoms with Gasteiger partial charge in [0.25, 0.3) is 0 Å². The van der Waals surface area contributed by atoms with Gasteiger partial charge in [0.05, 0.1) is 24.9 Å². The molecule has 0 aromatic heterocycles. The van der Waals surface area contributed by atoms with E-state index in [9.17, 15) is 5.11 Å². The summed E-state index contributed by atoms with van der Waals surface area (Å²) < 4.78 is 6.27. The third-order valence-corrected chi connectivity index (χ3v) is 5.84. The molecule has 0 amide bonds. The molecule has 3 nitrogen and oxygen atoms in total. The van der Waals surface area contributed by atoms with Gasteiger partial charge in [0.2, 0.25) is 0 Å². The van der Waals surface area contributed by atoms with Crippen molar-refractivity contribution >= 4 is 0 Å². The zero-order valence-electron chi connectivity index (χ0n) is 13.1. The second-order valence-electron chi connectivity index (χ2n) is 7.71. The number of aliphatic hydroxyl groups is 1. The molecule has 0 spiro atoms. The van der Waals surface area contributed by atoms with Gasteiger partial charge in [-0.05, 0) is 62.7 Å². The Labute approximate surface area is 123 Å². The van der Waals surface area contributed by atoms with E-state index in [0.29, 0.717) is 24.7 Å². The van der Waals surface area contributed by atoms with Gasteiger partial charge in [-0.25, -0.2) is 0 Å². The molecule has 2 N–H and O–H groups in total. The molecule has 4 atom stereocenters. The summed E-state index contributed by atoms with van der Waals surface area (Å²) in [4.78, 5) is 0.